The fraction of sp³-hybridized carbons (Fsp3) is 0.200. The van der Waals surface area contributed by atoms with E-state index in [0.717, 1.165) is 33.7 Å². The van der Waals surface area contributed by atoms with Crippen LogP contribution < -0.4 is 15.4 Å². The summed E-state index contributed by atoms with van der Waals surface area (Å²) in [5.74, 6) is 1.60. The van der Waals surface area contributed by atoms with Crippen molar-refractivity contribution in [2.24, 2.45) is 4.99 Å². The van der Waals surface area contributed by atoms with E-state index in [9.17, 15) is 0 Å². The molecule has 5 heteroatoms. The first-order valence-corrected chi connectivity index (χ1v) is 8.21. The highest BCUT2D eigenvalue weighted by Crippen LogP contribution is 2.17. The topological polar surface area (TPSA) is 58.5 Å². The largest absolute Gasteiger partial charge is 0.496 e. The molecular weight excluding hydrogens is 312 g/mol. The van der Waals surface area contributed by atoms with Gasteiger partial charge in [-0.2, -0.15) is 0 Å². The van der Waals surface area contributed by atoms with Crippen LogP contribution in [0.2, 0.25) is 0 Å². The summed E-state index contributed by atoms with van der Waals surface area (Å²) in [6.45, 7) is 1.29. The van der Waals surface area contributed by atoms with Gasteiger partial charge < -0.3 is 15.4 Å². The monoisotopic (exact) mass is 334 g/mol. The Morgan fingerprint density at radius 3 is 2.48 bits per heavy atom. The molecule has 1 heterocycles. The summed E-state index contributed by atoms with van der Waals surface area (Å²) in [6.07, 6.45) is 1.82. The van der Waals surface area contributed by atoms with Gasteiger partial charge in [0.15, 0.2) is 5.96 Å². The van der Waals surface area contributed by atoms with Crippen LogP contribution in [-0.4, -0.2) is 25.1 Å². The zero-order valence-corrected chi connectivity index (χ0v) is 14.5. The summed E-state index contributed by atoms with van der Waals surface area (Å²) in [4.78, 5) is 8.77. The van der Waals surface area contributed by atoms with Crippen LogP contribution in [0.25, 0.3) is 10.9 Å². The van der Waals surface area contributed by atoms with Crippen LogP contribution in [0, 0.1) is 0 Å². The van der Waals surface area contributed by atoms with Gasteiger partial charge in [0.2, 0.25) is 0 Å². The van der Waals surface area contributed by atoms with E-state index in [1.54, 1.807) is 14.2 Å². The van der Waals surface area contributed by atoms with Crippen molar-refractivity contribution in [1.29, 1.82) is 0 Å². The maximum absolute atomic E-state index is 5.38. The Hall–Kier alpha value is -3.08. The smallest absolute Gasteiger partial charge is 0.191 e. The molecule has 0 aliphatic heterocycles. The van der Waals surface area contributed by atoms with Gasteiger partial charge in [-0.05, 0) is 17.7 Å². The Kier molecular flexibility index (Phi) is 5.46. The van der Waals surface area contributed by atoms with Gasteiger partial charge in [-0.15, -0.1) is 0 Å². The van der Waals surface area contributed by atoms with Gasteiger partial charge in [0.25, 0.3) is 0 Å². The predicted molar refractivity (Wildman–Crippen MR) is 102 cm³/mol. The highest BCUT2D eigenvalue weighted by atomic mass is 16.5. The molecule has 3 rings (SSSR count). The number of hydrogen-bond acceptors (Lipinski definition) is 3. The Morgan fingerprint density at radius 2 is 1.68 bits per heavy atom. The molecule has 3 aromatic rings. The number of methoxy groups -OCH3 is 1. The average molecular weight is 334 g/mol. The van der Waals surface area contributed by atoms with E-state index in [0.29, 0.717) is 13.1 Å². The molecule has 0 aliphatic rings. The summed E-state index contributed by atoms with van der Waals surface area (Å²) in [7, 11) is 3.44. The lowest BCUT2D eigenvalue weighted by molar-refractivity contribution is 0.409. The first-order chi connectivity index (χ1) is 12.3. The molecule has 1 aromatic heterocycles. The summed E-state index contributed by atoms with van der Waals surface area (Å²) >= 11 is 0. The minimum atomic E-state index is 0.636. The molecule has 128 valence electrons. The average Bonchev–Trinajstić information content (AvgIpc) is 2.68. The number of guanidine groups is 1. The fourth-order valence-corrected chi connectivity index (χ4v) is 2.74. The molecule has 5 nitrogen and oxygen atoms in total. The highest BCUT2D eigenvalue weighted by molar-refractivity contribution is 5.83. The van der Waals surface area contributed by atoms with Crippen molar-refractivity contribution >= 4 is 16.9 Å². The van der Waals surface area contributed by atoms with Crippen LogP contribution in [0.5, 0.6) is 5.75 Å². The van der Waals surface area contributed by atoms with Gasteiger partial charge in [-0.3, -0.25) is 9.98 Å². The molecule has 2 N–H and O–H groups in total. The van der Waals surface area contributed by atoms with E-state index in [1.807, 2.05) is 42.6 Å². The molecule has 0 spiro atoms. The van der Waals surface area contributed by atoms with Crippen molar-refractivity contribution in [3.05, 3.63) is 71.9 Å². The van der Waals surface area contributed by atoms with Crippen LogP contribution in [0.15, 0.2) is 65.8 Å². The molecule has 0 saturated heterocycles. The molecule has 0 fully saturated rings. The lowest BCUT2D eigenvalue weighted by atomic mass is 10.1. The van der Waals surface area contributed by atoms with Crippen molar-refractivity contribution in [3.63, 3.8) is 0 Å². The van der Waals surface area contributed by atoms with E-state index < -0.39 is 0 Å². The van der Waals surface area contributed by atoms with Gasteiger partial charge in [0.1, 0.15) is 5.75 Å². The zero-order valence-electron chi connectivity index (χ0n) is 14.5. The first kappa shape index (κ1) is 16.8. The number of benzene rings is 2. The molecule has 0 radical (unpaired) electrons. The number of para-hydroxylation sites is 2. The van der Waals surface area contributed by atoms with Gasteiger partial charge in [-0.25, -0.2) is 0 Å². The third kappa shape index (κ3) is 4.07. The third-order valence-corrected chi connectivity index (χ3v) is 4.02. The molecule has 25 heavy (non-hydrogen) atoms. The maximum Gasteiger partial charge on any atom is 0.191 e. The van der Waals surface area contributed by atoms with E-state index in [2.05, 4.69) is 38.8 Å². The number of nitrogens with one attached hydrogen (secondary N) is 2. The van der Waals surface area contributed by atoms with Crippen LogP contribution >= 0.6 is 0 Å². The van der Waals surface area contributed by atoms with Gasteiger partial charge >= 0.3 is 0 Å². The number of aromatic nitrogens is 1. The number of rotatable bonds is 5. The number of nitrogens with zero attached hydrogens (tertiary/aromatic N) is 2. The lowest BCUT2D eigenvalue weighted by Crippen LogP contribution is -2.36. The van der Waals surface area contributed by atoms with Gasteiger partial charge in [0, 0.05) is 37.3 Å². The van der Waals surface area contributed by atoms with Crippen molar-refractivity contribution in [3.8, 4) is 5.75 Å². The van der Waals surface area contributed by atoms with E-state index >= 15 is 0 Å². The van der Waals surface area contributed by atoms with Crippen molar-refractivity contribution in [1.82, 2.24) is 15.6 Å². The Morgan fingerprint density at radius 1 is 0.960 bits per heavy atom. The Bertz CT molecular complexity index is 871. The Labute approximate surface area is 147 Å². The van der Waals surface area contributed by atoms with E-state index in [-0.39, 0.29) is 0 Å². The van der Waals surface area contributed by atoms with E-state index in [4.69, 9.17) is 4.74 Å². The number of ether oxygens (including phenoxy) is 1. The van der Waals surface area contributed by atoms with Gasteiger partial charge in [-0.1, -0.05) is 42.5 Å². The summed E-state index contributed by atoms with van der Waals surface area (Å²) in [5, 5.41) is 7.80. The highest BCUT2D eigenvalue weighted by Gasteiger charge is 2.05. The summed E-state index contributed by atoms with van der Waals surface area (Å²) < 4.78 is 5.38. The van der Waals surface area contributed by atoms with E-state index in [1.165, 1.54) is 0 Å². The lowest BCUT2D eigenvalue weighted by Gasteiger charge is -2.14. The van der Waals surface area contributed by atoms with Crippen LogP contribution in [0.1, 0.15) is 11.1 Å². The van der Waals surface area contributed by atoms with Crippen molar-refractivity contribution in [2.45, 2.75) is 13.1 Å². The molecular formula is C20H22N4O. The minimum Gasteiger partial charge on any atom is -0.496 e. The van der Waals surface area contributed by atoms with Gasteiger partial charge in [0.05, 0.1) is 12.6 Å². The summed E-state index contributed by atoms with van der Waals surface area (Å²) in [5.41, 5.74) is 3.23. The fourth-order valence-electron chi connectivity index (χ4n) is 2.74. The zero-order chi connectivity index (χ0) is 17.5. The molecule has 0 aliphatic carbocycles. The second-order valence-electron chi connectivity index (χ2n) is 5.58. The number of fused-ring (bicyclic) bond motifs is 1. The standard InChI is InChI=1S/C20H22N4O/c1-21-20(23-13-16-7-3-4-11-18(16)25-2)24-14-17-9-5-8-15-10-6-12-22-19(15)17/h3-12H,13-14H2,1-2H3,(H2,21,23,24). The normalized spacial score (nSPS) is 11.4. The minimum absolute atomic E-state index is 0.636. The summed E-state index contributed by atoms with van der Waals surface area (Å²) in [6, 6.07) is 18.2. The molecule has 0 atom stereocenters. The second kappa shape index (κ2) is 8.15. The third-order valence-electron chi connectivity index (χ3n) is 4.02. The van der Waals surface area contributed by atoms with Crippen LogP contribution in [0.3, 0.4) is 0 Å². The number of hydrogen-bond donors (Lipinski definition) is 2. The molecule has 0 saturated carbocycles. The second-order valence-corrected chi connectivity index (χ2v) is 5.58. The van der Waals surface area contributed by atoms with Crippen LogP contribution in [-0.2, 0) is 13.1 Å². The van der Waals surface area contributed by atoms with Crippen molar-refractivity contribution in [2.75, 3.05) is 14.2 Å². The first-order valence-electron chi connectivity index (χ1n) is 8.21. The molecule has 0 unspecified atom stereocenters. The van der Waals surface area contributed by atoms with Crippen molar-refractivity contribution < 1.29 is 4.74 Å². The van der Waals surface area contributed by atoms with Crippen LogP contribution in [0.4, 0.5) is 0 Å². The predicted octanol–water partition coefficient (Wildman–Crippen LogP) is 3.11. The maximum atomic E-state index is 5.38. The molecule has 2 aromatic carbocycles. The number of aliphatic imine (C=N–C) groups is 1. The molecule has 0 bridgehead atoms. The quantitative estimate of drug-likeness (QED) is 0.556. The SMILES string of the molecule is CN=C(NCc1ccccc1OC)NCc1cccc2cccnc12. The number of pyridine rings is 1. The molecule has 0 amide bonds. The Balaban J connectivity index is 1.65.